The Hall–Kier alpha value is -2.28. The number of hydrogen-bond acceptors (Lipinski definition) is 4. The van der Waals surface area contributed by atoms with Crippen LogP contribution in [0.2, 0.25) is 0 Å². The summed E-state index contributed by atoms with van der Waals surface area (Å²) in [6, 6.07) is 15.9. The van der Waals surface area contributed by atoms with Crippen molar-refractivity contribution in [3.8, 4) is 0 Å². The third-order valence-electron chi connectivity index (χ3n) is 7.79. The first-order valence-electron chi connectivity index (χ1n) is 11.7. The first-order valence-corrected chi connectivity index (χ1v) is 11.7. The highest BCUT2D eigenvalue weighted by atomic mass is 19.1. The van der Waals surface area contributed by atoms with Gasteiger partial charge in [-0.1, -0.05) is 36.4 Å². The van der Waals surface area contributed by atoms with E-state index in [9.17, 15) is 9.18 Å². The van der Waals surface area contributed by atoms with Crippen molar-refractivity contribution in [3.05, 3.63) is 71.0 Å². The largest absolute Gasteiger partial charge is 0.367 e. The molecule has 0 aliphatic carbocycles. The highest BCUT2D eigenvalue weighted by Crippen LogP contribution is 2.37. The van der Waals surface area contributed by atoms with Crippen LogP contribution in [-0.4, -0.2) is 66.2 Å². The zero-order chi connectivity index (χ0) is 22.4. The first-order chi connectivity index (χ1) is 15.4. The van der Waals surface area contributed by atoms with Crippen LogP contribution in [0.5, 0.6) is 0 Å². The van der Waals surface area contributed by atoms with Gasteiger partial charge in [0.25, 0.3) is 5.91 Å². The molecule has 2 aromatic carbocycles. The Morgan fingerprint density at radius 2 is 1.88 bits per heavy atom. The predicted molar refractivity (Wildman–Crippen MR) is 122 cm³/mol. The van der Waals surface area contributed by atoms with Gasteiger partial charge in [-0.3, -0.25) is 9.69 Å². The van der Waals surface area contributed by atoms with Crippen molar-refractivity contribution in [3.63, 3.8) is 0 Å². The molecule has 6 atom stereocenters. The number of likely N-dealkylation sites (N-methyl/N-ethyl adjacent to an activating group) is 1. The second-order valence-corrected chi connectivity index (χ2v) is 9.53. The molecule has 0 saturated carbocycles. The summed E-state index contributed by atoms with van der Waals surface area (Å²) in [5, 5.41) is 3.72. The van der Waals surface area contributed by atoms with Crippen LogP contribution in [0, 0.1) is 5.82 Å². The summed E-state index contributed by atoms with van der Waals surface area (Å²) in [4.78, 5) is 18.1. The Morgan fingerprint density at radius 3 is 2.66 bits per heavy atom. The minimum absolute atomic E-state index is 0.0306. The Kier molecular flexibility index (Phi) is 5.78. The molecule has 0 unspecified atom stereocenters. The number of halogens is 1. The van der Waals surface area contributed by atoms with Crippen molar-refractivity contribution >= 4 is 5.91 Å². The SMILES string of the molecule is C[C@@H]1[C@@H](C)N[C@H]2C[C@H](C(=O)N3CCc4ccccc4[C@@H]3c3ccc(F)cc3)OC[C@@H]2N1C. The van der Waals surface area contributed by atoms with E-state index < -0.39 is 6.10 Å². The van der Waals surface area contributed by atoms with E-state index >= 15 is 0 Å². The second kappa shape index (κ2) is 8.58. The fourth-order valence-electron chi connectivity index (χ4n) is 5.66. The lowest BCUT2D eigenvalue weighted by atomic mass is 9.86. The van der Waals surface area contributed by atoms with Crippen LogP contribution in [0.1, 0.15) is 43.0 Å². The lowest BCUT2D eigenvalue weighted by Gasteiger charge is -2.51. The molecule has 2 fully saturated rings. The van der Waals surface area contributed by atoms with Crippen LogP contribution in [0.25, 0.3) is 0 Å². The third kappa shape index (κ3) is 3.74. The van der Waals surface area contributed by atoms with Crippen molar-refractivity contribution < 1.29 is 13.9 Å². The summed E-state index contributed by atoms with van der Waals surface area (Å²) in [7, 11) is 2.15. The minimum atomic E-state index is -0.467. The Bertz CT molecular complexity index is 981. The molecule has 3 aliphatic heterocycles. The van der Waals surface area contributed by atoms with Gasteiger partial charge >= 0.3 is 0 Å². The quantitative estimate of drug-likeness (QED) is 0.784. The molecule has 5 nitrogen and oxygen atoms in total. The van der Waals surface area contributed by atoms with Crippen LogP contribution in [-0.2, 0) is 16.0 Å². The molecule has 1 N–H and O–H groups in total. The van der Waals surface area contributed by atoms with Gasteiger partial charge in [0.05, 0.1) is 12.6 Å². The Balaban J connectivity index is 1.42. The molecule has 2 aromatic rings. The zero-order valence-corrected chi connectivity index (χ0v) is 19.0. The Morgan fingerprint density at radius 1 is 1.12 bits per heavy atom. The molecule has 3 aliphatic rings. The molecule has 1 amide bonds. The van der Waals surface area contributed by atoms with E-state index in [1.807, 2.05) is 17.0 Å². The number of hydrogen-bond donors (Lipinski definition) is 1. The van der Waals surface area contributed by atoms with E-state index in [4.69, 9.17) is 4.74 Å². The molecule has 0 radical (unpaired) electrons. The van der Waals surface area contributed by atoms with Crippen LogP contribution in [0.3, 0.4) is 0 Å². The lowest BCUT2D eigenvalue weighted by molar-refractivity contribution is -0.155. The maximum atomic E-state index is 13.8. The van der Waals surface area contributed by atoms with Crippen molar-refractivity contribution in [1.29, 1.82) is 0 Å². The first kappa shape index (κ1) is 21.6. The van der Waals surface area contributed by atoms with Crippen molar-refractivity contribution in [2.24, 2.45) is 0 Å². The van der Waals surface area contributed by atoms with Gasteiger partial charge in [0.1, 0.15) is 11.9 Å². The molecule has 0 spiro atoms. The Labute approximate surface area is 189 Å². The van der Waals surface area contributed by atoms with Gasteiger partial charge in [0.15, 0.2) is 0 Å². The summed E-state index contributed by atoms with van der Waals surface area (Å²) in [5.74, 6) is -0.240. The monoisotopic (exact) mass is 437 g/mol. The fraction of sp³-hybridized carbons (Fsp3) is 0.500. The van der Waals surface area contributed by atoms with Gasteiger partial charge in [-0.15, -0.1) is 0 Å². The number of piperazine rings is 1. The standard InChI is InChI=1S/C26H32FN3O2/c1-16-17(2)29(3)23-15-32-24(14-22(23)28-16)26(31)30-13-12-18-6-4-5-7-21(18)25(30)19-8-10-20(27)11-9-19/h4-11,16-17,22-25,28H,12-15H2,1-3H3/t16-,17-,22+,23+,24-,25+/m1/s1. The second-order valence-electron chi connectivity index (χ2n) is 9.53. The number of nitrogens with one attached hydrogen (secondary N) is 1. The maximum Gasteiger partial charge on any atom is 0.252 e. The van der Waals surface area contributed by atoms with E-state index in [-0.39, 0.29) is 29.8 Å². The van der Waals surface area contributed by atoms with E-state index in [0.717, 1.165) is 17.5 Å². The number of carbonyl (C=O) groups excluding carboxylic acids is 1. The van der Waals surface area contributed by atoms with Gasteiger partial charge in [0.2, 0.25) is 0 Å². The fourth-order valence-corrected chi connectivity index (χ4v) is 5.66. The number of benzene rings is 2. The van der Waals surface area contributed by atoms with E-state index in [0.29, 0.717) is 31.7 Å². The van der Waals surface area contributed by atoms with Crippen molar-refractivity contribution in [2.75, 3.05) is 20.2 Å². The molecule has 32 heavy (non-hydrogen) atoms. The average Bonchev–Trinajstić information content (AvgIpc) is 2.82. The number of amides is 1. The molecule has 3 heterocycles. The molecule has 0 aromatic heterocycles. The number of nitrogens with zero attached hydrogens (tertiary/aromatic N) is 2. The van der Waals surface area contributed by atoms with Gasteiger partial charge < -0.3 is 15.0 Å². The topological polar surface area (TPSA) is 44.8 Å². The van der Waals surface area contributed by atoms with Gasteiger partial charge in [0, 0.05) is 30.7 Å². The number of rotatable bonds is 2. The van der Waals surface area contributed by atoms with Crippen molar-refractivity contribution in [1.82, 2.24) is 15.1 Å². The average molecular weight is 438 g/mol. The zero-order valence-electron chi connectivity index (χ0n) is 19.0. The van der Waals surface area contributed by atoms with E-state index in [1.54, 1.807) is 12.1 Å². The molecule has 170 valence electrons. The lowest BCUT2D eigenvalue weighted by Crippen LogP contribution is -2.69. The van der Waals surface area contributed by atoms with E-state index in [2.05, 4.69) is 43.2 Å². The number of ether oxygens (including phenoxy) is 1. The summed E-state index contributed by atoms with van der Waals surface area (Å²) >= 11 is 0. The predicted octanol–water partition coefficient (Wildman–Crippen LogP) is 3.14. The maximum absolute atomic E-state index is 13.8. The number of carbonyl (C=O) groups is 1. The molecular formula is C26H32FN3O2. The third-order valence-corrected chi connectivity index (χ3v) is 7.79. The van der Waals surface area contributed by atoms with Crippen LogP contribution >= 0.6 is 0 Å². The highest BCUT2D eigenvalue weighted by Gasteiger charge is 2.45. The number of fused-ring (bicyclic) bond motifs is 2. The molecule has 6 heteroatoms. The minimum Gasteiger partial charge on any atom is -0.367 e. The summed E-state index contributed by atoms with van der Waals surface area (Å²) in [6.07, 6.45) is 1.01. The van der Waals surface area contributed by atoms with Crippen LogP contribution < -0.4 is 5.32 Å². The van der Waals surface area contributed by atoms with Crippen LogP contribution in [0.4, 0.5) is 4.39 Å². The highest BCUT2D eigenvalue weighted by molar-refractivity contribution is 5.82. The summed E-state index contributed by atoms with van der Waals surface area (Å²) in [6.45, 7) is 5.61. The summed E-state index contributed by atoms with van der Waals surface area (Å²) < 4.78 is 19.8. The van der Waals surface area contributed by atoms with Crippen molar-refractivity contribution in [2.45, 2.75) is 63.0 Å². The van der Waals surface area contributed by atoms with Crippen LogP contribution in [0.15, 0.2) is 48.5 Å². The van der Waals surface area contributed by atoms with E-state index in [1.165, 1.54) is 17.7 Å². The molecule has 2 saturated heterocycles. The van der Waals surface area contributed by atoms with Gasteiger partial charge in [-0.25, -0.2) is 4.39 Å². The van der Waals surface area contributed by atoms with Gasteiger partial charge in [-0.2, -0.15) is 0 Å². The molecule has 5 rings (SSSR count). The molecular weight excluding hydrogens is 405 g/mol. The molecule has 0 bridgehead atoms. The smallest absolute Gasteiger partial charge is 0.252 e. The van der Waals surface area contributed by atoms with Gasteiger partial charge in [-0.05, 0) is 62.6 Å². The summed E-state index contributed by atoms with van der Waals surface area (Å²) in [5.41, 5.74) is 3.29. The normalized spacial score (nSPS) is 32.8.